The number of hydrogen-bond donors (Lipinski definition) is 0. The summed E-state index contributed by atoms with van der Waals surface area (Å²) in [6.07, 6.45) is 9.79. The van der Waals surface area contributed by atoms with E-state index in [9.17, 15) is 4.79 Å². The zero-order valence-corrected chi connectivity index (χ0v) is 17.2. The maximum atomic E-state index is 11.6. The average molecular weight is 399 g/mol. The Kier molecular flexibility index (Phi) is 8.68. The summed E-state index contributed by atoms with van der Waals surface area (Å²) in [4.78, 5) is 11.6. The van der Waals surface area contributed by atoms with Gasteiger partial charge in [0.1, 0.15) is 0 Å². The number of ether oxygens (including phenoxy) is 1. The number of carbonyl (C=O) groups is 1. The molecule has 0 atom stereocenters. The Bertz CT molecular complexity index is 374. The van der Waals surface area contributed by atoms with Crippen molar-refractivity contribution in [2.75, 3.05) is 0 Å². The monoisotopic (exact) mass is 400 g/mol. The van der Waals surface area contributed by atoms with E-state index in [1.54, 1.807) is 0 Å². The Morgan fingerprint density at radius 2 is 1.48 bits per heavy atom. The third kappa shape index (κ3) is 6.17. The number of hydrogen-bond acceptors (Lipinski definition) is 2. The van der Waals surface area contributed by atoms with Gasteiger partial charge in [-0.1, -0.05) is 0 Å². The summed E-state index contributed by atoms with van der Waals surface area (Å²) < 4.78 is 12.2. The van der Waals surface area contributed by atoms with Crippen LogP contribution in [0.5, 0.6) is 0 Å². The quantitative estimate of drug-likeness (QED) is 0.345. The minimum atomic E-state index is -2.32. The molecule has 1 aliphatic heterocycles. The molecule has 3 heteroatoms. The van der Waals surface area contributed by atoms with E-state index in [4.69, 9.17) is 4.74 Å². The van der Waals surface area contributed by atoms with Crippen molar-refractivity contribution >= 4 is 24.3 Å². The standard InChI is InChI=1S/C6H5O2.3C4H9.Sn/c1-4-3-5(2)8-6(4)7;3*1-3-4-2;/h2-3H,1H3;3*1,3-4H2,2H3;. The zero-order chi connectivity index (χ0) is 15.7. The van der Waals surface area contributed by atoms with Gasteiger partial charge in [0.2, 0.25) is 0 Å². The first-order valence-electron chi connectivity index (χ1n) is 8.70. The first kappa shape index (κ1) is 18.8. The van der Waals surface area contributed by atoms with Crippen molar-refractivity contribution in [3.05, 3.63) is 21.5 Å². The molecule has 0 amide bonds. The van der Waals surface area contributed by atoms with E-state index in [1.807, 2.05) is 13.0 Å². The van der Waals surface area contributed by atoms with Crippen molar-refractivity contribution in [2.45, 2.75) is 79.5 Å². The van der Waals surface area contributed by atoms with Crippen LogP contribution in [-0.4, -0.2) is 24.3 Å². The molecule has 0 spiro atoms. The first-order chi connectivity index (χ1) is 10.1. The molecule has 0 aromatic heterocycles. The molecule has 21 heavy (non-hydrogen) atoms. The predicted molar refractivity (Wildman–Crippen MR) is 92.8 cm³/mol. The van der Waals surface area contributed by atoms with Gasteiger partial charge >= 0.3 is 135 Å². The van der Waals surface area contributed by atoms with Crippen molar-refractivity contribution in [3.63, 3.8) is 0 Å². The Balaban J connectivity index is 2.95. The van der Waals surface area contributed by atoms with Gasteiger partial charge in [-0.05, 0) is 0 Å². The topological polar surface area (TPSA) is 26.3 Å². The molecule has 1 rings (SSSR count). The fourth-order valence-corrected chi connectivity index (χ4v) is 17.6. The number of carbonyl (C=O) groups excluding carboxylic acids is 1. The van der Waals surface area contributed by atoms with Crippen LogP contribution in [0.1, 0.15) is 66.2 Å². The summed E-state index contributed by atoms with van der Waals surface area (Å²) in [7, 11) is 0. The van der Waals surface area contributed by atoms with Crippen molar-refractivity contribution in [1.29, 1.82) is 0 Å². The van der Waals surface area contributed by atoms with Gasteiger partial charge in [-0.3, -0.25) is 0 Å². The fraction of sp³-hybridized carbons (Fsp3) is 0.722. The van der Waals surface area contributed by atoms with E-state index in [-0.39, 0.29) is 5.97 Å². The Labute approximate surface area is 134 Å². The summed E-state index contributed by atoms with van der Waals surface area (Å²) in [6.45, 7) is 8.69. The molecule has 2 nitrogen and oxygen atoms in total. The maximum absolute atomic E-state index is 11.6. The summed E-state index contributed by atoms with van der Waals surface area (Å²) in [5.74, 6) is 0.722. The van der Waals surface area contributed by atoms with Crippen LogP contribution in [0.25, 0.3) is 0 Å². The van der Waals surface area contributed by atoms with E-state index in [0.29, 0.717) is 0 Å². The molecule has 1 heterocycles. The second-order valence-corrected chi connectivity index (χ2v) is 19.3. The number of esters is 1. The third-order valence-corrected chi connectivity index (χ3v) is 18.5. The van der Waals surface area contributed by atoms with Gasteiger partial charge in [-0.25, -0.2) is 0 Å². The molecule has 0 aliphatic carbocycles. The summed E-state index contributed by atoms with van der Waals surface area (Å²) >= 11 is -2.32. The van der Waals surface area contributed by atoms with Crippen LogP contribution >= 0.6 is 0 Å². The molecular weight excluding hydrogens is 367 g/mol. The molecule has 120 valence electrons. The van der Waals surface area contributed by atoms with Gasteiger partial charge in [0.05, 0.1) is 0 Å². The van der Waals surface area contributed by atoms with Crippen LogP contribution in [0.2, 0.25) is 13.3 Å². The van der Waals surface area contributed by atoms with Crippen molar-refractivity contribution in [1.82, 2.24) is 0 Å². The predicted octanol–water partition coefficient (Wildman–Crippen LogP) is 5.76. The Morgan fingerprint density at radius 3 is 1.81 bits per heavy atom. The van der Waals surface area contributed by atoms with Crippen LogP contribution in [-0.2, 0) is 9.53 Å². The molecule has 0 unspecified atom stereocenters. The minimum absolute atomic E-state index is 0.150. The van der Waals surface area contributed by atoms with Crippen molar-refractivity contribution < 1.29 is 9.53 Å². The van der Waals surface area contributed by atoms with Gasteiger partial charge < -0.3 is 0 Å². The van der Waals surface area contributed by atoms with Gasteiger partial charge in [-0.2, -0.15) is 0 Å². The molecule has 0 radical (unpaired) electrons. The Morgan fingerprint density at radius 1 is 1.00 bits per heavy atom. The molecular formula is C18H32O2Sn. The summed E-state index contributed by atoms with van der Waals surface area (Å²) in [5.41, 5.74) is 0.753. The second kappa shape index (κ2) is 9.70. The molecule has 0 fully saturated rings. The number of rotatable bonds is 10. The van der Waals surface area contributed by atoms with Crippen LogP contribution in [0.15, 0.2) is 21.5 Å². The molecule has 1 aliphatic rings. The van der Waals surface area contributed by atoms with Crippen LogP contribution in [0.4, 0.5) is 0 Å². The third-order valence-electron chi connectivity index (χ3n) is 4.42. The van der Waals surface area contributed by atoms with E-state index in [1.165, 1.54) is 51.8 Å². The van der Waals surface area contributed by atoms with Crippen molar-refractivity contribution in [3.8, 4) is 0 Å². The fourth-order valence-electron chi connectivity index (χ4n) is 3.04. The molecule has 0 aromatic rings. The van der Waals surface area contributed by atoms with Crippen molar-refractivity contribution in [2.24, 2.45) is 0 Å². The Hall–Kier alpha value is -0.251. The molecule has 0 saturated carbocycles. The van der Waals surface area contributed by atoms with E-state index >= 15 is 0 Å². The van der Waals surface area contributed by atoms with Crippen LogP contribution < -0.4 is 0 Å². The second-order valence-electron chi connectivity index (χ2n) is 6.44. The van der Waals surface area contributed by atoms with Gasteiger partial charge in [0.15, 0.2) is 0 Å². The number of unbranched alkanes of at least 4 members (excludes halogenated alkanes) is 3. The van der Waals surface area contributed by atoms with E-state index in [0.717, 1.165) is 11.3 Å². The SMILES string of the molecule is CCC[CH2][Sn](/[CH]=C1/C=C(C)C(=O)O1)([CH2]CCC)[CH2]CCC. The molecule has 0 saturated heterocycles. The zero-order valence-electron chi connectivity index (χ0n) is 14.3. The van der Waals surface area contributed by atoms with E-state index in [2.05, 4.69) is 24.9 Å². The summed E-state index contributed by atoms with van der Waals surface area (Å²) in [6, 6.07) is 0. The number of cyclic esters (lactones) is 1. The van der Waals surface area contributed by atoms with Crippen LogP contribution in [0, 0.1) is 0 Å². The molecule has 0 bridgehead atoms. The molecule has 0 N–H and O–H groups in total. The normalized spacial score (nSPS) is 17.2. The average Bonchev–Trinajstić information content (AvgIpc) is 2.78. The number of allylic oxidation sites excluding steroid dienone is 1. The van der Waals surface area contributed by atoms with Gasteiger partial charge in [-0.15, -0.1) is 0 Å². The van der Waals surface area contributed by atoms with E-state index < -0.39 is 18.4 Å². The van der Waals surface area contributed by atoms with Gasteiger partial charge in [0.25, 0.3) is 0 Å². The van der Waals surface area contributed by atoms with Gasteiger partial charge in [0, 0.05) is 0 Å². The van der Waals surface area contributed by atoms with Crippen LogP contribution in [0.3, 0.4) is 0 Å². The summed E-state index contributed by atoms with van der Waals surface area (Å²) in [5, 5.41) is 0. The first-order valence-corrected chi connectivity index (χ1v) is 16.4. The molecule has 0 aromatic carbocycles.